The Morgan fingerprint density at radius 1 is 1.33 bits per heavy atom. The minimum absolute atomic E-state index is 0.0955. The summed E-state index contributed by atoms with van der Waals surface area (Å²) in [4.78, 5) is 16.0. The lowest BCUT2D eigenvalue weighted by Gasteiger charge is -2.15. The van der Waals surface area contributed by atoms with Crippen LogP contribution in [0.15, 0.2) is 39.6 Å². The van der Waals surface area contributed by atoms with Crippen LogP contribution in [0.2, 0.25) is 0 Å². The zero-order chi connectivity index (χ0) is 15.0. The van der Waals surface area contributed by atoms with Gasteiger partial charge in [0.1, 0.15) is 11.6 Å². The van der Waals surface area contributed by atoms with Crippen molar-refractivity contribution in [3.63, 3.8) is 0 Å². The summed E-state index contributed by atoms with van der Waals surface area (Å²) in [6, 6.07) is 9.95. The van der Waals surface area contributed by atoms with Crippen molar-refractivity contribution < 1.29 is 0 Å². The monoisotopic (exact) mass is 347 g/mol. The van der Waals surface area contributed by atoms with Gasteiger partial charge in [0.25, 0.3) is 0 Å². The second-order valence-corrected chi connectivity index (χ2v) is 5.74. The largest absolute Gasteiger partial charge is 0.363 e. The highest BCUT2D eigenvalue weighted by molar-refractivity contribution is 9.10. The molecule has 1 unspecified atom stereocenters. The number of hydrogen-bond acceptors (Lipinski definition) is 4. The zero-order valence-corrected chi connectivity index (χ0v) is 13.2. The van der Waals surface area contributed by atoms with Gasteiger partial charge in [-0.3, -0.25) is 0 Å². The molecule has 0 spiro atoms. The minimum Gasteiger partial charge on any atom is -0.363 e. The first-order valence-electron chi connectivity index (χ1n) is 6.51. The van der Waals surface area contributed by atoms with Crippen LogP contribution in [0.3, 0.4) is 0 Å². The van der Waals surface area contributed by atoms with Crippen LogP contribution in [-0.4, -0.2) is 19.6 Å². The number of nitrogens with one attached hydrogen (secondary N) is 2. The van der Waals surface area contributed by atoms with E-state index < -0.39 is 0 Å². The Morgan fingerprint density at radius 3 is 2.76 bits per heavy atom. The molecule has 21 heavy (non-hydrogen) atoms. The van der Waals surface area contributed by atoms with Crippen LogP contribution in [0.1, 0.15) is 24.4 Å². The SMILES string of the molecule is Cc1nc(NC(C)c2ccc(Br)cc2)cc2n[nH]c(=O)n12. The maximum absolute atomic E-state index is 11.6. The third-order valence-corrected chi connectivity index (χ3v) is 3.83. The summed E-state index contributed by atoms with van der Waals surface area (Å²) >= 11 is 3.42. The number of halogens is 1. The van der Waals surface area contributed by atoms with E-state index in [0.29, 0.717) is 17.3 Å². The van der Waals surface area contributed by atoms with Crippen LogP contribution in [0.5, 0.6) is 0 Å². The van der Waals surface area contributed by atoms with E-state index in [1.165, 1.54) is 4.40 Å². The van der Waals surface area contributed by atoms with Crippen molar-refractivity contribution in [1.82, 2.24) is 19.6 Å². The topological polar surface area (TPSA) is 75.1 Å². The predicted octanol–water partition coefficient (Wildman–Crippen LogP) is 2.66. The van der Waals surface area contributed by atoms with Gasteiger partial charge in [-0.2, -0.15) is 5.10 Å². The van der Waals surface area contributed by atoms with Crippen molar-refractivity contribution in [1.29, 1.82) is 0 Å². The minimum atomic E-state index is -0.275. The van der Waals surface area contributed by atoms with Gasteiger partial charge in [0, 0.05) is 16.6 Å². The average Bonchev–Trinajstić information content (AvgIpc) is 2.81. The average molecular weight is 348 g/mol. The van der Waals surface area contributed by atoms with Crippen molar-refractivity contribution in [3.8, 4) is 0 Å². The summed E-state index contributed by atoms with van der Waals surface area (Å²) in [6.45, 7) is 3.83. The van der Waals surface area contributed by atoms with Gasteiger partial charge in [-0.15, -0.1) is 0 Å². The summed E-state index contributed by atoms with van der Waals surface area (Å²) in [5.74, 6) is 1.28. The third-order valence-electron chi connectivity index (χ3n) is 3.30. The first kappa shape index (κ1) is 13.8. The van der Waals surface area contributed by atoms with Gasteiger partial charge < -0.3 is 5.32 Å². The van der Waals surface area contributed by atoms with Gasteiger partial charge in [-0.05, 0) is 31.5 Å². The Balaban J connectivity index is 1.91. The Bertz CT molecular complexity index is 837. The van der Waals surface area contributed by atoms with Crippen molar-refractivity contribution in [2.24, 2.45) is 0 Å². The van der Waals surface area contributed by atoms with Gasteiger partial charge in [-0.25, -0.2) is 19.3 Å². The van der Waals surface area contributed by atoms with E-state index in [1.54, 1.807) is 13.0 Å². The third kappa shape index (κ3) is 2.69. The van der Waals surface area contributed by atoms with E-state index in [4.69, 9.17) is 0 Å². The van der Waals surface area contributed by atoms with Gasteiger partial charge >= 0.3 is 5.69 Å². The smallest absolute Gasteiger partial charge is 0.349 e. The van der Waals surface area contributed by atoms with E-state index in [9.17, 15) is 4.79 Å². The summed E-state index contributed by atoms with van der Waals surface area (Å²) in [5.41, 5.74) is 1.43. The Morgan fingerprint density at radius 2 is 2.05 bits per heavy atom. The second-order valence-electron chi connectivity index (χ2n) is 4.83. The molecule has 0 aliphatic carbocycles. The number of anilines is 1. The van der Waals surface area contributed by atoms with Crippen LogP contribution in [-0.2, 0) is 0 Å². The highest BCUT2D eigenvalue weighted by Crippen LogP contribution is 2.20. The molecule has 2 aromatic heterocycles. The molecule has 108 valence electrons. The van der Waals surface area contributed by atoms with Crippen LogP contribution in [0, 0.1) is 6.92 Å². The van der Waals surface area contributed by atoms with Crippen LogP contribution >= 0.6 is 15.9 Å². The molecule has 6 nitrogen and oxygen atoms in total. The predicted molar refractivity (Wildman–Crippen MR) is 84.5 cm³/mol. The van der Waals surface area contributed by atoms with E-state index in [0.717, 1.165) is 10.0 Å². The van der Waals surface area contributed by atoms with Crippen molar-refractivity contribution in [3.05, 3.63) is 56.7 Å². The molecule has 2 heterocycles. The van der Waals surface area contributed by atoms with Crippen LogP contribution in [0.25, 0.3) is 5.65 Å². The summed E-state index contributed by atoms with van der Waals surface area (Å²) in [5, 5.41) is 9.72. The molecule has 2 N–H and O–H groups in total. The lowest BCUT2D eigenvalue weighted by Crippen LogP contribution is -2.15. The first-order valence-corrected chi connectivity index (χ1v) is 7.30. The van der Waals surface area contributed by atoms with E-state index in [1.807, 2.05) is 24.3 Å². The van der Waals surface area contributed by atoms with Crippen molar-refractivity contribution >= 4 is 27.4 Å². The number of rotatable bonds is 3. The number of aromatic amines is 1. The quantitative estimate of drug-likeness (QED) is 0.763. The van der Waals surface area contributed by atoms with Crippen molar-refractivity contribution in [2.75, 3.05) is 5.32 Å². The molecular weight excluding hydrogens is 334 g/mol. The standard InChI is InChI=1S/C14H14BrN5O/c1-8(10-3-5-11(15)6-4-10)16-12-7-13-18-19-14(21)20(13)9(2)17-12/h3-8,16H,1-2H3,(H,19,21). The molecule has 1 atom stereocenters. The lowest BCUT2D eigenvalue weighted by molar-refractivity contribution is 0.859. The molecule has 7 heteroatoms. The molecule has 1 aromatic carbocycles. The second kappa shape index (κ2) is 5.33. The van der Waals surface area contributed by atoms with E-state index in [2.05, 4.69) is 43.4 Å². The van der Waals surface area contributed by atoms with Gasteiger partial charge in [0.15, 0.2) is 5.65 Å². The van der Waals surface area contributed by atoms with Gasteiger partial charge in [0.05, 0.1) is 0 Å². The molecule has 0 saturated heterocycles. The number of aromatic nitrogens is 4. The zero-order valence-electron chi connectivity index (χ0n) is 11.6. The number of benzene rings is 1. The van der Waals surface area contributed by atoms with E-state index >= 15 is 0 Å². The molecule has 3 rings (SSSR count). The maximum Gasteiger partial charge on any atom is 0.349 e. The Kier molecular flexibility index (Phi) is 3.50. The lowest BCUT2D eigenvalue weighted by atomic mass is 10.1. The molecule has 0 fully saturated rings. The number of nitrogens with zero attached hydrogens (tertiary/aromatic N) is 3. The molecule has 0 aliphatic rings. The van der Waals surface area contributed by atoms with Crippen molar-refractivity contribution in [2.45, 2.75) is 19.9 Å². The van der Waals surface area contributed by atoms with Crippen LogP contribution < -0.4 is 11.0 Å². The highest BCUT2D eigenvalue weighted by Gasteiger charge is 2.10. The molecular formula is C14H14BrN5O. The maximum atomic E-state index is 11.6. The fourth-order valence-electron chi connectivity index (χ4n) is 2.23. The summed E-state index contributed by atoms with van der Waals surface area (Å²) in [7, 11) is 0. The molecule has 0 radical (unpaired) electrons. The Hall–Kier alpha value is -2.15. The van der Waals surface area contributed by atoms with E-state index in [-0.39, 0.29) is 11.7 Å². The molecule has 3 aromatic rings. The number of aryl methyl sites for hydroxylation is 1. The number of fused-ring (bicyclic) bond motifs is 1. The Labute approximate surface area is 129 Å². The van der Waals surface area contributed by atoms with Crippen LogP contribution in [0.4, 0.5) is 5.82 Å². The molecule has 0 saturated carbocycles. The normalized spacial score (nSPS) is 12.5. The molecule has 0 amide bonds. The van der Waals surface area contributed by atoms with Gasteiger partial charge in [0.2, 0.25) is 0 Å². The fourth-order valence-corrected chi connectivity index (χ4v) is 2.49. The highest BCUT2D eigenvalue weighted by atomic mass is 79.9. The fraction of sp³-hybridized carbons (Fsp3) is 0.214. The summed E-state index contributed by atoms with van der Waals surface area (Å²) in [6.07, 6.45) is 0. The molecule has 0 bridgehead atoms. The number of hydrogen-bond donors (Lipinski definition) is 2. The molecule has 0 aliphatic heterocycles. The van der Waals surface area contributed by atoms with Gasteiger partial charge in [-0.1, -0.05) is 28.1 Å². The first-order chi connectivity index (χ1) is 10.0. The number of H-pyrrole nitrogens is 1. The summed E-state index contributed by atoms with van der Waals surface area (Å²) < 4.78 is 2.49.